The van der Waals surface area contributed by atoms with Gasteiger partial charge in [-0.3, -0.25) is 9.48 Å². The van der Waals surface area contributed by atoms with Crippen LogP contribution in [0.1, 0.15) is 33.4 Å². The van der Waals surface area contributed by atoms with E-state index >= 15 is 0 Å². The van der Waals surface area contributed by atoms with Crippen molar-refractivity contribution in [2.75, 3.05) is 39.8 Å². The third-order valence-corrected chi connectivity index (χ3v) is 8.84. The summed E-state index contributed by atoms with van der Waals surface area (Å²) in [5.41, 5.74) is 1.31. The minimum atomic E-state index is -3.82. The lowest BCUT2D eigenvalue weighted by atomic mass is 10.2. The monoisotopic (exact) mass is 533 g/mol. The standard InChI is InChI=1S/C24H35N7O5S/c1-7-19-20-21(28-29(19)5)23(32)27-22(26-20)18-13-17(14-25-24(18)36-16(4)15(3)35-6)37(33,34)31-11-9-30(8-2)10-12-31/h13-16H,7-12H2,1-6H3,(H,26,27,32). The summed E-state index contributed by atoms with van der Waals surface area (Å²) in [5, 5.41) is 4.29. The van der Waals surface area contributed by atoms with Crippen molar-refractivity contribution in [3.63, 3.8) is 0 Å². The molecule has 2 unspecified atom stereocenters. The summed E-state index contributed by atoms with van der Waals surface area (Å²) in [6.45, 7) is 10.7. The zero-order chi connectivity index (χ0) is 26.9. The van der Waals surface area contributed by atoms with E-state index in [4.69, 9.17) is 9.47 Å². The summed E-state index contributed by atoms with van der Waals surface area (Å²) in [6.07, 6.45) is 1.25. The molecule has 12 nitrogen and oxygen atoms in total. The summed E-state index contributed by atoms with van der Waals surface area (Å²) in [5.74, 6) is 0.309. The van der Waals surface area contributed by atoms with Crippen molar-refractivity contribution in [1.29, 1.82) is 0 Å². The molecule has 0 amide bonds. The van der Waals surface area contributed by atoms with E-state index in [2.05, 4.69) is 31.9 Å². The zero-order valence-electron chi connectivity index (χ0n) is 22.2. The van der Waals surface area contributed by atoms with Gasteiger partial charge in [0.2, 0.25) is 15.9 Å². The van der Waals surface area contributed by atoms with Gasteiger partial charge in [-0.15, -0.1) is 0 Å². The summed E-state index contributed by atoms with van der Waals surface area (Å²) >= 11 is 0. The van der Waals surface area contributed by atoms with Gasteiger partial charge in [0.15, 0.2) is 5.52 Å². The number of nitrogens with one attached hydrogen (secondary N) is 1. The number of aromatic amines is 1. The highest BCUT2D eigenvalue weighted by molar-refractivity contribution is 7.89. The number of hydrogen-bond donors (Lipinski definition) is 1. The van der Waals surface area contributed by atoms with Crippen molar-refractivity contribution in [3.05, 3.63) is 28.3 Å². The van der Waals surface area contributed by atoms with Crippen molar-refractivity contribution in [2.45, 2.75) is 51.2 Å². The number of nitrogens with zero attached hydrogens (tertiary/aromatic N) is 6. The molecule has 3 aromatic rings. The van der Waals surface area contributed by atoms with Crippen LogP contribution in [0.4, 0.5) is 0 Å². The van der Waals surface area contributed by atoms with Crippen molar-refractivity contribution in [3.8, 4) is 17.3 Å². The SMILES string of the molecule is CCc1c2nc(-c3cc(S(=O)(=O)N4CCN(CC)CC4)cnc3OC(C)C(C)OC)[nH]c(=O)c2nn1C. The van der Waals surface area contributed by atoms with Gasteiger partial charge in [0.1, 0.15) is 22.3 Å². The number of likely N-dealkylation sites (N-methyl/N-ethyl adjacent to an activating group) is 1. The van der Waals surface area contributed by atoms with Crippen LogP contribution in [0.2, 0.25) is 0 Å². The van der Waals surface area contributed by atoms with Crippen LogP contribution in [0.3, 0.4) is 0 Å². The normalized spacial score (nSPS) is 17.2. The number of H-pyrrole nitrogens is 1. The second kappa shape index (κ2) is 10.9. The van der Waals surface area contributed by atoms with Crippen LogP contribution in [-0.4, -0.2) is 94.4 Å². The summed E-state index contributed by atoms with van der Waals surface area (Å²) in [7, 11) is -0.487. The molecule has 1 N–H and O–H groups in total. The molecule has 2 atom stereocenters. The molecule has 13 heteroatoms. The van der Waals surface area contributed by atoms with Gasteiger partial charge in [0.25, 0.3) is 5.56 Å². The van der Waals surface area contributed by atoms with Crippen molar-refractivity contribution in [2.24, 2.45) is 7.05 Å². The fourth-order valence-electron chi connectivity index (χ4n) is 4.38. The van der Waals surface area contributed by atoms with E-state index in [1.807, 2.05) is 20.8 Å². The van der Waals surface area contributed by atoms with Gasteiger partial charge in [-0.05, 0) is 32.9 Å². The van der Waals surface area contributed by atoms with E-state index in [-0.39, 0.29) is 33.8 Å². The Morgan fingerprint density at radius 1 is 1.11 bits per heavy atom. The first-order chi connectivity index (χ1) is 17.6. The Morgan fingerprint density at radius 2 is 1.81 bits per heavy atom. The molecule has 37 heavy (non-hydrogen) atoms. The number of ether oxygens (including phenoxy) is 2. The Balaban J connectivity index is 1.84. The van der Waals surface area contributed by atoms with Gasteiger partial charge < -0.3 is 19.4 Å². The second-order valence-corrected chi connectivity index (χ2v) is 11.1. The highest BCUT2D eigenvalue weighted by atomic mass is 32.2. The molecule has 0 aliphatic carbocycles. The summed E-state index contributed by atoms with van der Waals surface area (Å²) in [4.78, 5) is 27.0. The maximum absolute atomic E-state index is 13.5. The Labute approximate surface area is 216 Å². The first kappa shape index (κ1) is 27.2. The number of hydrogen-bond acceptors (Lipinski definition) is 9. The van der Waals surface area contributed by atoms with Crippen LogP contribution in [0.5, 0.6) is 5.88 Å². The molecule has 0 saturated carbocycles. The summed E-state index contributed by atoms with van der Waals surface area (Å²) in [6, 6.07) is 1.47. The highest BCUT2D eigenvalue weighted by Crippen LogP contribution is 2.31. The Morgan fingerprint density at radius 3 is 2.43 bits per heavy atom. The molecule has 0 aromatic carbocycles. The lowest BCUT2D eigenvalue weighted by molar-refractivity contribution is 0.0213. The van der Waals surface area contributed by atoms with E-state index < -0.39 is 21.7 Å². The molecule has 1 aliphatic rings. The lowest BCUT2D eigenvalue weighted by Crippen LogP contribution is -2.48. The number of aromatic nitrogens is 5. The molecule has 1 fully saturated rings. The van der Waals surface area contributed by atoms with Gasteiger partial charge >= 0.3 is 0 Å². The molecule has 0 radical (unpaired) electrons. The van der Waals surface area contributed by atoms with Crippen molar-refractivity contribution in [1.82, 2.24) is 33.9 Å². The first-order valence-corrected chi connectivity index (χ1v) is 13.9. The molecule has 4 heterocycles. The van der Waals surface area contributed by atoms with Crippen LogP contribution in [-0.2, 0) is 28.2 Å². The van der Waals surface area contributed by atoms with Crippen molar-refractivity contribution >= 4 is 21.1 Å². The van der Waals surface area contributed by atoms with E-state index in [9.17, 15) is 13.2 Å². The van der Waals surface area contributed by atoms with Gasteiger partial charge in [0.05, 0.1) is 23.6 Å². The molecule has 3 aromatic heterocycles. The smallest absolute Gasteiger partial charge is 0.279 e. The average Bonchev–Trinajstić information content (AvgIpc) is 3.23. The van der Waals surface area contributed by atoms with E-state index in [1.54, 1.807) is 18.8 Å². The van der Waals surface area contributed by atoms with Crippen LogP contribution in [0.25, 0.3) is 22.4 Å². The maximum atomic E-state index is 13.5. The van der Waals surface area contributed by atoms with Crippen LogP contribution in [0, 0.1) is 0 Å². The van der Waals surface area contributed by atoms with Gasteiger partial charge in [-0.2, -0.15) is 9.40 Å². The van der Waals surface area contributed by atoms with E-state index in [0.29, 0.717) is 38.1 Å². The Kier molecular flexibility index (Phi) is 7.97. The molecule has 202 valence electrons. The summed E-state index contributed by atoms with van der Waals surface area (Å²) < 4.78 is 41.6. The number of fused-ring (bicyclic) bond motifs is 1. The van der Waals surface area contributed by atoms with Crippen molar-refractivity contribution < 1.29 is 17.9 Å². The van der Waals surface area contributed by atoms with Crippen LogP contribution in [0.15, 0.2) is 22.0 Å². The molecule has 4 rings (SSSR count). The fraction of sp³-hybridized carbons (Fsp3) is 0.583. The van der Waals surface area contributed by atoms with Crippen LogP contribution < -0.4 is 10.3 Å². The lowest BCUT2D eigenvalue weighted by Gasteiger charge is -2.33. The first-order valence-electron chi connectivity index (χ1n) is 12.5. The number of sulfonamides is 1. The molecule has 1 aliphatic heterocycles. The fourth-order valence-corrected chi connectivity index (χ4v) is 5.78. The quantitative estimate of drug-likeness (QED) is 0.433. The Bertz CT molecular complexity index is 1430. The molecular weight excluding hydrogens is 498 g/mol. The maximum Gasteiger partial charge on any atom is 0.279 e. The third-order valence-electron chi connectivity index (χ3n) is 6.97. The van der Waals surface area contributed by atoms with Gasteiger partial charge in [-0.25, -0.2) is 18.4 Å². The minimum absolute atomic E-state index is 0.0110. The number of piperazine rings is 1. The van der Waals surface area contributed by atoms with Gasteiger partial charge in [-0.1, -0.05) is 13.8 Å². The Hall–Kier alpha value is -2.87. The third kappa shape index (κ3) is 5.26. The average molecular weight is 534 g/mol. The topological polar surface area (TPSA) is 136 Å². The number of pyridine rings is 1. The highest BCUT2D eigenvalue weighted by Gasteiger charge is 2.30. The largest absolute Gasteiger partial charge is 0.471 e. The van der Waals surface area contributed by atoms with Crippen LogP contribution >= 0.6 is 0 Å². The van der Waals surface area contributed by atoms with Gasteiger partial charge in [0, 0.05) is 40.3 Å². The second-order valence-electron chi connectivity index (χ2n) is 9.16. The predicted octanol–water partition coefficient (Wildman–Crippen LogP) is 1.41. The number of rotatable bonds is 9. The molecular formula is C24H35N7O5S. The molecule has 1 saturated heterocycles. The minimum Gasteiger partial charge on any atom is -0.471 e. The predicted molar refractivity (Wildman–Crippen MR) is 139 cm³/mol. The van der Waals surface area contributed by atoms with E-state index in [0.717, 1.165) is 12.2 Å². The molecule has 0 spiro atoms. The number of methoxy groups -OCH3 is 1. The molecule has 0 bridgehead atoms. The number of aryl methyl sites for hydroxylation is 2. The zero-order valence-corrected chi connectivity index (χ0v) is 23.0. The van der Waals surface area contributed by atoms with E-state index in [1.165, 1.54) is 16.6 Å².